The van der Waals surface area contributed by atoms with Crippen molar-refractivity contribution >= 4 is 14.1 Å². The Kier molecular flexibility index (Phi) is 5.54. The topological polar surface area (TPSA) is 26.3 Å². The van der Waals surface area contributed by atoms with E-state index in [0.717, 1.165) is 31.6 Å². The van der Waals surface area contributed by atoms with Crippen LogP contribution in [0.4, 0.5) is 0 Å². The average molecular weight is 431 g/mol. The highest BCUT2D eigenvalue weighted by Gasteiger charge is 2.60. The van der Waals surface area contributed by atoms with Crippen LogP contribution >= 0.6 is 0 Å². The molecule has 0 bridgehead atoms. The van der Waals surface area contributed by atoms with Crippen molar-refractivity contribution in [2.24, 2.45) is 34.5 Å². The van der Waals surface area contributed by atoms with Crippen LogP contribution in [0.5, 0.6) is 0 Å². The number of allylic oxidation sites excluding steroid dienone is 1. The maximum Gasteiger partial charge on any atom is 0.192 e. The second-order valence-corrected chi connectivity index (χ2v) is 17.9. The minimum atomic E-state index is -1.73. The van der Waals surface area contributed by atoms with Gasteiger partial charge in [0.1, 0.15) is 5.78 Å². The third-order valence-electron chi connectivity index (χ3n) is 10.7. The molecule has 4 aliphatic rings. The number of hydrogen-bond donors (Lipinski definition) is 0. The number of fused-ring (bicyclic) bond motifs is 5. The quantitative estimate of drug-likeness (QED) is 0.341. The van der Waals surface area contributed by atoms with Gasteiger partial charge in [0.15, 0.2) is 8.32 Å². The number of ketones is 1. The van der Waals surface area contributed by atoms with Gasteiger partial charge in [-0.05, 0) is 92.2 Å². The summed E-state index contributed by atoms with van der Waals surface area (Å²) in [6.45, 7) is 19.1. The van der Waals surface area contributed by atoms with Crippen molar-refractivity contribution in [2.45, 2.75) is 117 Å². The first-order valence-corrected chi connectivity index (χ1v) is 15.7. The molecule has 0 aromatic carbocycles. The summed E-state index contributed by atoms with van der Waals surface area (Å²) in [4.78, 5) is 12.8. The number of Topliss-reactive ketones (excluding diaryl/α,β-unsaturated/α-hetero) is 1. The van der Waals surface area contributed by atoms with Crippen molar-refractivity contribution < 1.29 is 9.22 Å². The highest BCUT2D eigenvalue weighted by Crippen LogP contribution is 2.65. The second-order valence-electron chi connectivity index (χ2n) is 13.1. The van der Waals surface area contributed by atoms with Crippen molar-refractivity contribution in [1.29, 1.82) is 0 Å². The first-order valence-electron chi connectivity index (χ1n) is 12.8. The molecular weight excluding hydrogens is 384 g/mol. The zero-order valence-electron chi connectivity index (χ0n) is 20.9. The number of carbonyl (C=O) groups is 1. The molecule has 4 rings (SSSR count). The number of hydrogen-bond acceptors (Lipinski definition) is 2. The van der Waals surface area contributed by atoms with E-state index < -0.39 is 8.32 Å². The van der Waals surface area contributed by atoms with E-state index >= 15 is 0 Å². The minimum absolute atomic E-state index is 0.0288. The fourth-order valence-electron chi connectivity index (χ4n) is 7.65. The van der Waals surface area contributed by atoms with E-state index in [1.165, 1.54) is 25.7 Å². The lowest BCUT2D eigenvalue weighted by molar-refractivity contribution is -0.133. The van der Waals surface area contributed by atoms with Gasteiger partial charge in [-0.15, -0.1) is 0 Å². The van der Waals surface area contributed by atoms with Gasteiger partial charge in [0.05, 0.1) is 0 Å². The van der Waals surface area contributed by atoms with E-state index in [4.69, 9.17) is 4.43 Å². The molecule has 0 spiro atoms. The third-order valence-corrected chi connectivity index (χ3v) is 15.2. The van der Waals surface area contributed by atoms with Gasteiger partial charge < -0.3 is 4.43 Å². The van der Waals surface area contributed by atoms with Crippen molar-refractivity contribution in [2.75, 3.05) is 0 Å². The van der Waals surface area contributed by atoms with Crippen LogP contribution in [-0.4, -0.2) is 20.2 Å². The fourth-order valence-corrected chi connectivity index (χ4v) is 9.03. The molecule has 30 heavy (non-hydrogen) atoms. The third kappa shape index (κ3) is 3.32. The molecule has 7 atom stereocenters. The van der Waals surface area contributed by atoms with Crippen LogP contribution < -0.4 is 0 Å². The van der Waals surface area contributed by atoms with Crippen LogP contribution in [0.3, 0.4) is 0 Å². The van der Waals surface area contributed by atoms with E-state index in [-0.39, 0.29) is 10.5 Å². The molecule has 3 heteroatoms. The fraction of sp³-hybridized carbons (Fsp3) is 0.889. The van der Waals surface area contributed by atoms with Crippen molar-refractivity contribution in [3.63, 3.8) is 0 Å². The molecule has 0 aliphatic heterocycles. The molecule has 0 radical (unpaired) electrons. The monoisotopic (exact) mass is 430 g/mol. The average Bonchev–Trinajstić information content (AvgIpc) is 2.95. The highest BCUT2D eigenvalue weighted by molar-refractivity contribution is 6.74. The van der Waals surface area contributed by atoms with E-state index in [1.807, 2.05) is 0 Å². The van der Waals surface area contributed by atoms with Crippen LogP contribution in [0, 0.1) is 34.5 Å². The van der Waals surface area contributed by atoms with Crippen molar-refractivity contribution in [3.05, 3.63) is 11.6 Å². The lowest BCUT2D eigenvalue weighted by Gasteiger charge is -2.59. The molecule has 0 aromatic heterocycles. The Hall–Kier alpha value is -0.413. The molecule has 4 aliphatic carbocycles. The van der Waals surface area contributed by atoms with Crippen LogP contribution in [0.15, 0.2) is 11.6 Å². The van der Waals surface area contributed by atoms with Gasteiger partial charge in [-0.1, -0.05) is 53.2 Å². The molecule has 3 saturated carbocycles. The molecule has 170 valence electrons. The van der Waals surface area contributed by atoms with Gasteiger partial charge >= 0.3 is 0 Å². The first-order chi connectivity index (χ1) is 13.8. The Labute approximate surface area is 186 Å². The lowest BCUT2D eigenvalue weighted by atomic mass is 9.45. The maximum absolute atomic E-state index is 12.8. The molecule has 0 N–H and O–H groups in total. The highest BCUT2D eigenvalue weighted by atomic mass is 28.4. The summed E-state index contributed by atoms with van der Waals surface area (Å²) in [5.41, 5.74) is 2.01. The lowest BCUT2D eigenvalue weighted by Crippen LogP contribution is -2.54. The zero-order chi connectivity index (χ0) is 22.1. The summed E-state index contributed by atoms with van der Waals surface area (Å²) in [6.07, 6.45) is 12.3. The predicted octanol–water partition coefficient (Wildman–Crippen LogP) is 7.54. The second kappa shape index (κ2) is 7.30. The predicted molar refractivity (Wildman–Crippen MR) is 128 cm³/mol. The number of rotatable bonds is 3. The summed E-state index contributed by atoms with van der Waals surface area (Å²) >= 11 is 0. The van der Waals surface area contributed by atoms with Gasteiger partial charge in [-0.25, -0.2) is 0 Å². The van der Waals surface area contributed by atoms with E-state index in [2.05, 4.69) is 60.7 Å². The van der Waals surface area contributed by atoms with Gasteiger partial charge in [0.25, 0.3) is 0 Å². The summed E-state index contributed by atoms with van der Waals surface area (Å²) in [7, 11) is -1.73. The Morgan fingerprint density at radius 2 is 1.70 bits per heavy atom. The largest absolute Gasteiger partial charge is 0.414 e. The summed E-state index contributed by atoms with van der Waals surface area (Å²) in [5, 5.41) is 0.272. The van der Waals surface area contributed by atoms with Crippen LogP contribution in [0.2, 0.25) is 18.1 Å². The molecule has 0 aromatic rings. The summed E-state index contributed by atoms with van der Waals surface area (Å²) in [5.74, 6) is 3.31. The Morgan fingerprint density at radius 3 is 2.33 bits per heavy atom. The molecule has 3 fully saturated rings. The van der Waals surface area contributed by atoms with E-state index in [1.54, 1.807) is 5.57 Å². The molecule has 0 saturated heterocycles. The summed E-state index contributed by atoms with van der Waals surface area (Å²) < 4.78 is 6.89. The Morgan fingerprint density at radius 1 is 1.07 bits per heavy atom. The van der Waals surface area contributed by atoms with Crippen LogP contribution in [0.25, 0.3) is 0 Å². The van der Waals surface area contributed by atoms with Crippen molar-refractivity contribution in [1.82, 2.24) is 0 Å². The smallest absolute Gasteiger partial charge is 0.192 e. The van der Waals surface area contributed by atoms with Crippen LogP contribution in [-0.2, 0) is 9.22 Å². The maximum atomic E-state index is 12.8. The van der Waals surface area contributed by atoms with E-state index in [9.17, 15) is 4.79 Å². The summed E-state index contributed by atoms with van der Waals surface area (Å²) in [6, 6.07) is 0. The van der Waals surface area contributed by atoms with Gasteiger partial charge in [0, 0.05) is 17.9 Å². The standard InChI is InChI=1S/C27H46O2Si/c1-9-18-16-19-17-20(29-30(7,8)25(2,3)4)12-14-26(19,5)22-13-15-27(6)21(24(18)22)10-11-23(27)28/h16,18,20-22,24H,9-15,17H2,1-8H3/t18-,20+,21+,22+,24+,26+,27+/m1/s1. The molecule has 2 nitrogen and oxygen atoms in total. The van der Waals surface area contributed by atoms with Gasteiger partial charge in [0.2, 0.25) is 0 Å². The van der Waals surface area contributed by atoms with Gasteiger partial charge in [-0.3, -0.25) is 4.79 Å². The Balaban J connectivity index is 1.62. The molecule has 0 amide bonds. The normalized spacial score (nSPS) is 44.2. The van der Waals surface area contributed by atoms with Gasteiger partial charge in [-0.2, -0.15) is 0 Å². The zero-order valence-corrected chi connectivity index (χ0v) is 21.9. The SMILES string of the molecule is CC[C@@H]1C=C2C[C@@H](O[Si](C)(C)C(C)(C)C)CC[C@]2(C)[C@H]2CC[C@]3(C)C(=O)CC[C@H]3[C@H]12. The molecular formula is C27H46O2Si. The van der Waals surface area contributed by atoms with Crippen molar-refractivity contribution in [3.8, 4) is 0 Å². The number of carbonyl (C=O) groups excluding carboxylic acids is 1. The Bertz CT molecular complexity index is 732. The first kappa shape index (κ1) is 22.8. The van der Waals surface area contributed by atoms with E-state index in [0.29, 0.717) is 35.1 Å². The minimum Gasteiger partial charge on any atom is -0.414 e. The molecule has 0 unspecified atom stereocenters. The van der Waals surface area contributed by atoms with Crippen LogP contribution in [0.1, 0.15) is 92.9 Å². The molecule has 0 heterocycles.